The molecule has 1 aromatic carbocycles. The molecule has 0 bridgehead atoms. The molecule has 21 heavy (non-hydrogen) atoms. The van der Waals surface area contributed by atoms with Gasteiger partial charge in [-0.25, -0.2) is 5.10 Å². The number of hydrogen-bond acceptors (Lipinski definition) is 4. The van der Waals surface area contributed by atoms with Crippen LogP contribution in [0.5, 0.6) is 0 Å². The van der Waals surface area contributed by atoms with Gasteiger partial charge in [0.25, 0.3) is 11.5 Å². The summed E-state index contributed by atoms with van der Waals surface area (Å²) in [7, 11) is 0. The summed E-state index contributed by atoms with van der Waals surface area (Å²) in [4.78, 5) is 25.9. The van der Waals surface area contributed by atoms with Gasteiger partial charge in [-0.1, -0.05) is 18.2 Å². The van der Waals surface area contributed by atoms with E-state index in [1.165, 1.54) is 4.90 Å². The molecule has 0 fully saturated rings. The molecule has 0 radical (unpaired) electrons. The molecule has 0 saturated carbocycles. The van der Waals surface area contributed by atoms with E-state index in [4.69, 9.17) is 0 Å². The molecule has 1 aromatic heterocycles. The van der Waals surface area contributed by atoms with Gasteiger partial charge in [0.05, 0.1) is 11.0 Å². The maximum absolute atomic E-state index is 12.6. The fourth-order valence-electron chi connectivity index (χ4n) is 2.22. The van der Waals surface area contributed by atoms with E-state index in [9.17, 15) is 14.7 Å². The molecular weight excluding hydrogens is 270 g/mol. The monoisotopic (exact) mass is 289 g/mol. The molecule has 0 atom stereocenters. The molecule has 2 aromatic rings. The average Bonchev–Trinajstić information content (AvgIpc) is 2.44. The van der Waals surface area contributed by atoms with Gasteiger partial charge in [0.1, 0.15) is 0 Å². The van der Waals surface area contributed by atoms with Crippen molar-refractivity contribution in [3.8, 4) is 0 Å². The van der Waals surface area contributed by atoms with Crippen LogP contribution in [0.1, 0.15) is 31.3 Å². The van der Waals surface area contributed by atoms with E-state index in [0.29, 0.717) is 17.3 Å². The molecule has 2 rings (SSSR count). The van der Waals surface area contributed by atoms with Crippen LogP contribution >= 0.6 is 0 Å². The minimum Gasteiger partial charge on any atom is -0.389 e. The van der Waals surface area contributed by atoms with Crippen LogP contribution in [0.4, 0.5) is 0 Å². The Balaban J connectivity index is 2.48. The first-order chi connectivity index (χ1) is 9.83. The Morgan fingerprint density at radius 2 is 1.95 bits per heavy atom. The second kappa shape index (κ2) is 5.65. The molecule has 112 valence electrons. The van der Waals surface area contributed by atoms with Crippen LogP contribution in [0.3, 0.4) is 0 Å². The number of nitrogens with one attached hydrogen (secondary N) is 1. The number of nitrogens with zero attached hydrogens (tertiary/aromatic N) is 2. The number of likely N-dealkylation sites (N-methyl/N-ethyl adjacent to an activating group) is 1. The molecule has 0 aliphatic carbocycles. The molecule has 0 aliphatic rings. The zero-order valence-electron chi connectivity index (χ0n) is 12.4. The van der Waals surface area contributed by atoms with Crippen LogP contribution in [0.25, 0.3) is 10.8 Å². The SMILES string of the molecule is CCN(CC(C)(C)O)C(=O)c1n[nH]c(=O)c2ccccc12. The number of aromatic nitrogens is 2. The van der Waals surface area contributed by atoms with Gasteiger partial charge in [0.2, 0.25) is 0 Å². The molecule has 0 saturated heterocycles. The Morgan fingerprint density at radius 3 is 2.52 bits per heavy atom. The lowest BCUT2D eigenvalue weighted by Crippen LogP contribution is -2.42. The zero-order valence-corrected chi connectivity index (χ0v) is 12.4. The first-order valence-corrected chi connectivity index (χ1v) is 6.82. The van der Waals surface area contributed by atoms with Gasteiger partial charge in [0.15, 0.2) is 5.69 Å². The van der Waals surface area contributed by atoms with Gasteiger partial charge in [-0.05, 0) is 26.8 Å². The predicted molar refractivity (Wildman–Crippen MR) is 80.2 cm³/mol. The van der Waals surface area contributed by atoms with Gasteiger partial charge < -0.3 is 10.0 Å². The zero-order chi connectivity index (χ0) is 15.6. The van der Waals surface area contributed by atoms with Crippen molar-refractivity contribution in [1.29, 1.82) is 0 Å². The van der Waals surface area contributed by atoms with E-state index in [-0.39, 0.29) is 23.7 Å². The number of rotatable bonds is 4. The number of fused-ring (bicyclic) bond motifs is 1. The third-order valence-corrected chi connectivity index (χ3v) is 3.15. The predicted octanol–water partition coefficient (Wildman–Crippen LogP) is 1.16. The Morgan fingerprint density at radius 1 is 1.33 bits per heavy atom. The molecule has 6 nitrogen and oxygen atoms in total. The molecule has 2 N–H and O–H groups in total. The molecule has 0 aliphatic heterocycles. The van der Waals surface area contributed by atoms with Crippen LogP contribution in [0, 0.1) is 0 Å². The average molecular weight is 289 g/mol. The summed E-state index contributed by atoms with van der Waals surface area (Å²) in [5, 5.41) is 17.1. The summed E-state index contributed by atoms with van der Waals surface area (Å²) in [5.74, 6) is -0.313. The van der Waals surface area contributed by atoms with E-state index < -0.39 is 5.60 Å². The number of hydrogen-bond donors (Lipinski definition) is 2. The van der Waals surface area contributed by atoms with Crippen molar-refractivity contribution in [2.75, 3.05) is 13.1 Å². The van der Waals surface area contributed by atoms with Crippen LogP contribution in [-0.2, 0) is 0 Å². The van der Waals surface area contributed by atoms with Gasteiger partial charge >= 0.3 is 0 Å². The van der Waals surface area contributed by atoms with Crippen LogP contribution in [-0.4, -0.2) is 44.8 Å². The summed E-state index contributed by atoms with van der Waals surface area (Å²) in [6.07, 6.45) is 0. The van der Waals surface area contributed by atoms with E-state index in [0.717, 1.165) is 0 Å². The Hall–Kier alpha value is -2.21. The topological polar surface area (TPSA) is 86.3 Å². The second-order valence-electron chi connectivity index (χ2n) is 5.58. The van der Waals surface area contributed by atoms with Crippen LogP contribution < -0.4 is 5.56 Å². The van der Waals surface area contributed by atoms with Crippen molar-refractivity contribution >= 4 is 16.7 Å². The number of carbonyl (C=O) groups excluding carboxylic acids is 1. The normalized spacial score (nSPS) is 11.6. The lowest BCUT2D eigenvalue weighted by Gasteiger charge is -2.28. The molecule has 1 amide bonds. The smallest absolute Gasteiger partial charge is 0.275 e. The highest BCUT2D eigenvalue weighted by atomic mass is 16.3. The first-order valence-electron chi connectivity index (χ1n) is 6.82. The van der Waals surface area contributed by atoms with Crippen molar-refractivity contribution in [3.63, 3.8) is 0 Å². The maximum atomic E-state index is 12.6. The number of H-pyrrole nitrogens is 1. The van der Waals surface area contributed by atoms with Crippen molar-refractivity contribution in [2.24, 2.45) is 0 Å². The van der Waals surface area contributed by atoms with E-state index in [1.54, 1.807) is 38.1 Å². The first kappa shape index (κ1) is 15.2. The molecule has 0 spiro atoms. The molecule has 1 heterocycles. The van der Waals surface area contributed by atoms with Crippen LogP contribution in [0.2, 0.25) is 0 Å². The minimum atomic E-state index is -0.996. The Kier molecular flexibility index (Phi) is 4.09. The summed E-state index contributed by atoms with van der Waals surface area (Å²) in [6.45, 7) is 5.75. The molecular formula is C15H19N3O3. The molecule has 6 heteroatoms. The van der Waals surface area contributed by atoms with Crippen molar-refractivity contribution < 1.29 is 9.90 Å². The van der Waals surface area contributed by atoms with Gasteiger partial charge in [-0.2, -0.15) is 5.10 Å². The number of amides is 1. The third-order valence-electron chi connectivity index (χ3n) is 3.15. The number of benzene rings is 1. The summed E-state index contributed by atoms with van der Waals surface area (Å²) >= 11 is 0. The van der Waals surface area contributed by atoms with Crippen LogP contribution in [0.15, 0.2) is 29.1 Å². The lowest BCUT2D eigenvalue weighted by molar-refractivity contribution is 0.0312. The summed E-state index contributed by atoms with van der Waals surface area (Å²) in [5.41, 5.74) is -1.13. The number of carbonyl (C=O) groups is 1. The van der Waals surface area contributed by atoms with E-state index >= 15 is 0 Å². The number of aromatic amines is 1. The maximum Gasteiger partial charge on any atom is 0.275 e. The standard InChI is InChI=1S/C15H19N3O3/c1-4-18(9-15(2,3)21)14(20)12-10-7-5-6-8-11(10)13(19)17-16-12/h5-8,21H,4,9H2,1-3H3,(H,17,19). The highest BCUT2D eigenvalue weighted by Crippen LogP contribution is 2.15. The van der Waals surface area contributed by atoms with Crippen molar-refractivity contribution in [1.82, 2.24) is 15.1 Å². The van der Waals surface area contributed by atoms with E-state index in [1.807, 2.05) is 6.92 Å². The second-order valence-corrected chi connectivity index (χ2v) is 5.58. The molecule has 0 unspecified atom stereocenters. The fraction of sp³-hybridized carbons (Fsp3) is 0.400. The minimum absolute atomic E-state index is 0.191. The Bertz CT molecular complexity index is 716. The van der Waals surface area contributed by atoms with Crippen molar-refractivity contribution in [3.05, 3.63) is 40.3 Å². The van der Waals surface area contributed by atoms with Crippen molar-refractivity contribution in [2.45, 2.75) is 26.4 Å². The largest absolute Gasteiger partial charge is 0.389 e. The lowest BCUT2D eigenvalue weighted by atomic mass is 10.1. The van der Waals surface area contributed by atoms with Gasteiger partial charge in [0, 0.05) is 18.5 Å². The third kappa shape index (κ3) is 3.28. The summed E-state index contributed by atoms with van der Waals surface area (Å²) in [6, 6.07) is 6.84. The fourth-order valence-corrected chi connectivity index (χ4v) is 2.22. The summed E-state index contributed by atoms with van der Waals surface area (Å²) < 4.78 is 0. The highest BCUT2D eigenvalue weighted by molar-refractivity contribution is 6.04. The van der Waals surface area contributed by atoms with E-state index in [2.05, 4.69) is 10.2 Å². The Labute approximate surface area is 122 Å². The van der Waals surface area contributed by atoms with Gasteiger partial charge in [-0.3, -0.25) is 9.59 Å². The van der Waals surface area contributed by atoms with Gasteiger partial charge in [-0.15, -0.1) is 0 Å². The highest BCUT2D eigenvalue weighted by Gasteiger charge is 2.24. The number of aliphatic hydroxyl groups is 1. The quantitative estimate of drug-likeness (QED) is 0.884.